The largest absolute Gasteiger partial charge is 0.456 e. The molecule has 2 aromatic carbocycles. The molecule has 0 spiro atoms. The fraction of sp³-hybridized carbons (Fsp3) is 0.250. The highest BCUT2D eigenvalue weighted by Crippen LogP contribution is 2.29. The number of hydrogen-bond acceptors (Lipinski definition) is 7. The van der Waals surface area contributed by atoms with Gasteiger partial charge in [0.15, 0.2) is 5.72 Å². The van der Waals surface area contributed by atoms with Crippen LogP contribution >= 0.6 is 22.6 Å². The number of nitrogens with one attached hydrogen (secondary N) is 1. The summed E-state index contributed by atoms with van der Waals surface area (Å²) in [6.07, 6.45) is -0.550. The highest BCUT2D eigenvalue weighted by molar-refractivity contribution is 14.1. The summed E-state index contributed by atoms with van der Waals surface area (Å²) in [5.41, 5.74) is 7.63. The topological polar surface area (TPSA) is 148 Å². The summed E-state index contributed by atoms with van der Waals surface area (Å²) in [4.78, 5) is 44.4. The second-order valence-electron chi connectivity index (χ2n) is 7.62. The number of anilines is 1. The fourth-order valence-electron chi connectivity index (χ4n) is 3.23. The van der Waals surface area contributed by atoms with E-state index in [1.54, 1.807) is 74.5 Å². The molecule has 12 heteroatoms. The summed E-state index contributed by atoms with van der Waals surface area (Å²) in [7, 11) is 0. The zero-order chi connectivity index (χ0) is 26.1. The Morgan fingerprint density at radius 1 is 1.11 bits per heavy atom. The Morgan fingerprint density at radius 3 is 2.28 bits per heavy atom. The number of carbonyl (C=O) groups excluding carboxylic acids is 2. The maximum atomic E-state index is 12.7. The van der Waals surface area contributed by atoms with Crippen LogP contribution in [0.4, 0.5) is 5.82 Å². The van der Waals surface area contributed by atoms with Crippen molar-refractivity contribution in [1.82, 2.24) is 9.55 Å². The monoisotopic (exact) mass is 602 g/mol. The maximum absolute atomic E-state index is 12.7. The number of azide groups is 1. The molecule has 186 valence electrons. The van der Waals surface area contributed by atoms with E-state index in [1.807, 2.05) is 22.6 Å². The van der Waals surface area contributed by atoms with E-state index in [0.717, 1.165) is 4.57 Å². The number of alkyl halides is 1. The van der Waals surface area contributed by atoms with Crippen molar-refractivity contribution in [1.29, 1.82) is 0 Å². The van der Waals surface area contributed by atoms with Crippen LogP contribution in [0.2, 0.25) is 0 Å². The molecule has 0 unspecified atom stereocenters. The van der Waals surface area contributed by atoms with Crippen LogP contribution in [0.3, 0.4) is 0 Å². The third-order valence-corrected chi connectivity index (χ3v) is 6.30. The fourth-order valence-corrected chi connectivity index (χ4v) is 4.18. The molecule has 0 aliphatic rings. The van der Waals surface area contributed by atoms with Crippen molar-refractivity contribution in [3.63, 3.8) is 0 Å². The number of rotatable bonds is 10. The molecule has 36 heavy (non-hydrogen) atoms. The van der Waals surface area contributed by atoms with Gasteiger partial charge in [-0.1, -0.05) is 64.1 Å². The normalized spacial score (nSPS) is 14.0. The van der Waals surface area contributed by atoms with Crippen LogP contribution in [0.5, 0.6) is 0 Å². The zero-order valence-electron chi connectivity index (χ0n) is 19.4. The Morgan fingerprint density at radius 2 is 1.72 bits per heavy atom. The van der Waals surface area contributed by atoms with E-state index in [2.05, 4.69) is 20.3 Å². The second kappa shape index (κ2) is 12.3. The number of nitrogens with zero attached hydrogens (tertiary/aromatic N) is 5. The van der Waals surface area contributed by atoms with Gasteiger partial charge in [-0.3, -0.25) is 9.36 Å². The maximum Gasteiger partial charge on any atom is 0.351 e. The number of esters is 1. The lowest BCUT2D eigenvalue weighted by molar-refractivity contribution is -0.153. The molecule has 0 radical (unpaired) electrons. The minimum Gasteiger partial charge on any atom is -0.456 e. The first-order chi connectivity index (χ1) is 17.3. The third kappa shape index (κ3) is 6.47. The van der Waals surface area contributed by atoms with Crippen LogP contribution in [-0.2, 0) is 9.47 Å². The number of ether oxygens (including phenoxy) is 2. The molecular formula is C24H23IN6O5. The van der Waals surface area contributed by atoms with Crippen molar-refractivity contribution in [2.24, 2.45) is 5.11 Å². The highest BCUT2D eigenvalue weighted by atomic mass is 127. The van der Waals surface area contributed by atoms with Gasteiger partial charge in [-0.05, 0) is 49.7 Å². The number of carbonyl (C=O) groups is 2. The molecule has 1 aromatic heterocycles. The number of benzene rings is 2. The zero-order valence-corrected chi connectivity index (χ0v) is 21.6. The van der Waals surface area contributed by atoms with Crippen LogP contribution in [0, 0.1) is 0 Å². The van der Waals surface area contributed by atoms with Crippen molar-refractivity contribution in [2.45, 2.75) is 31.9 Å². The highest BCUT2D eigenvalue weighted by Gasteiger charge is 2.41. The predicted octanol–water partition coefficient (Wildman–Crippen LogP) is 4.72. The summed E-state index contributed by atoms with van der Waals surface area (Å²) in [5.74, 6) is -0.956. The van der Waals surface area contributed by atoms with Crippen molar-refractivity contribution in [2.75, 3.05) is 9.74 Å². The van der Waals surface area contributed by atoms with Crippen LogP contribution in [0.15, 0.2) is 82.8 Å². The smallest absolute Gasteiger partial charge is 0.351 e. The third-order valence-electron chi connectivity index (χ3n) is 5.21. The molecule has 1 heterocycles. The number of aromatic nitrogens is 2. The molecule has 0 saturated carbocycles. The standard InChI is InChI=1S/C24H23IN6O5/c1-16(35-22(33)19-11-7-4-8-12-19)24(15-25,29-30-26)36-17(2)31-14-13-20(28-23(31)34)27-21(32)18-9-5-3-6-10-18/h3-14,16-17H,15H2,1-2H3,(H,27,28,32,34)/t16-,17+,24+/m0/s1. The van der Waals surface area contributed by atoms with E-state index in [0.29, 0.717) is 11.1 Å². The first-order valence-electron chi connectivity index (χ1n) is 10.8. The lowest BCUT2D eigenvalue weighted by Crippen LogP contribution is -2.47. The number of amides is 1. The molecule has 1 N–H and O–H groups in total. The predicted molar refractivity (Wildman–Crippen MR) is 141 cm³/mol. The summed E-state index contributed by atoms with van der Waals surface area (Å²) in [5, 5.41) is 6.36. The van der Waals surface area contributed by atoms with Gasteiger partial charge in [0, 0.05) is 21.1 Å². The SMILES string of the molecule is C[C@H](OC(=O)c1ccccc1)[C@](CI)(N=[N+]=[N-])O[C@H](C)n1ccc(NC(=O)c2ccccc2)nc1=O. The van der Waals surface area contributed by atoms with Crippen LogP contribution in [0.1, 0.15) is 40.8 Å². The first-order valence-corrected chi connectivity index (χ1v) is 12.3. The summed E-state index contributed by atoms with van der Waals surface area (Å²) < 4.78 is 12.8. The van der Waals surface area contributed by atoms with Gasteiger partial charge >= 0.3 is 11.7 Å². The summed E-state index contributed by atoms with van der Waals surface area (Å²) in [6, 6.07) is 18.3. The minimum atomic E-state index is -1.61. The van der Waals surface area contributed by atoms with Gasteiger partial charge in [-0.2, -0.15) is 4.98 Å². The molecule has 3 atom stereocenters. The molecular weight excluding hydrogens is 579 g/mol. The van der Waals surface area contributed by atoms with Crippen LogP contribution < -0.4 is 11.0 Å². The van der Waals surface area contributed by atoms with E-state index in [9.17, 15) is 19.9 Å². The number of halogens is 1. The molecule has 3 rings (SSSR count). The molecule has 1 amide bonds. The molecule has 0 saturated heterocycles. The van der Waals surface area contributed by atoms with Crippen molar-refractivity contribution in [3.8, 4) is 0 Å². The Bertz CT molecular complexity index is 1310. The lowest BCUT2D eigenvalue weighted by atomic mass is 10.1. The molecule has 0 aliphatic carbocycles. The average molecular weight is 602 g/mol. The molecule has 11 nitrogen and oxygen atoms in total. The van der Waals surface area contributed by atoms with Gasteiger partial charge in [0.25, 0.3) is 5.91 Å². The van der Waals surface area contributed by atoms with E-state index in [-0.39, 0.29) is 10.2 Å². The van der Waals surface area contributed by atoms with Gasteiger partial charge in [-0.15, -0.1) is 0 Å². The van der Waals surface area contributed by atoms with E-state index < -0.39 is 35.6 Å². The van der Waals surface area contributed by atoms with Gasteiger partial charge in [0.05, 0.1) is 5.56 Å². The Hall–Kier alpha value is -3.74. The molecule has 3 aromatic rings. The van der Waals surface area contributed by atoms with Crippen LogP contribution in [0.25, 0.3) is 10.4 Å². The van der Waals surface area contributed by atoms with Crippen molar-refractivity contribution < 1.29 is 19.1 Å². The molecule has 0 fully saturated rings. The van der Waals surface area contributed by atoms with Crippen molar-refractivity contribution in [3.05, 3.63) is 105 Å². The Balaban J connectivity index is 1.77. The van der Waals surface area contributed by atoms with Gasteiger partial charge < -0.3 is 14.8 Å². The van der Waals surface area contributed by atoms with E-state index >= 15 is 0 Å². The number of hydrogen-bond donors (Lipinski definition) is 1. The Labute approximate surface area is 220 Å². The minimum absolute atomic E-state index is 0.0673. The van der Waals surface area contributed by atoms with Gasteiger partial charge in [0.2, 0.25) is 0 Å². The van der Waals surface area contributed by atoms with Gasteiger partial charge in [-0.25, -0.2) is 9.59 Å². The second-order valence-corrected chi connectivity index (χ2v) is 8.38. The van der Waals surface area contributed by atoms with E-state index in [1.165, 1.54) is 12.3 Å². The van der Waals surface area contributed by atoms with Gasteiger partial charge in [0.1, 0.15) is 18.1 Å². The van der Waals surface area contributed by atoms with E-state index in [4.69, 9.17) is 9.47 Å². The molecule has 0 bridgehead atoms. The average Bonchev–Trinajstić information content (AvgIpc) is 2.89. The lowest BCUT2D eigenvalue weighted by Gasteiger charge is -2.35. The van der Waals surface area contributed by atoms with Crippen LogP contribution in [-0.4, -0.2) is 37.7 Å². The molecule has 0 aliphatic heterocycles. The van der Waals surface area contributed by atoms with Crippen molar-refractivity contribution >= 4 is 40.3 Å². The Kier molecular flexibility index (Phi) is 9.17. The summed E-state index contributed by atoms with van der Waals surface area (Å²) in [6.45, 7) is 3.11. The summed E-state index contributed by atoms with van der Waals surface area (Å²) >= 11 is 1.96. The quantitative estimate of drug-likeness (QED) is 0.0887. The first kappa shape index (κ1) is 26.9.